The third kappa shape index (κ3) is 65.9. The van der Waals surface area contributed by atoms with Crippen LogP contribution < -0.4 is 0 Å². The Morgan fingerprint density at radius 1 is 0.263 bits per heavy atom. The second-order valence-corrected chi connectivity index (χ2v) is 23.8. The number of allylic oxidation sites excluding steroid dienone is 9. The minimum Gasteiger partial charge on any atom is -0.462 e. The Bertz CT molecular complexity index is 1430. The third-order valence-electron chi connectivity index (χ3n) is 15.8. The summed E-state index contributed by atoms with van der Waals surface area (Å²) < 4.78 is 16.9. The summed E-state index contributed by atoms with van der Waals surface area (Å²) in [6, 6.07) is 0. The summed E-state index contributed by atoms with van der Waals surface area (Å²) in [5.41, 5.74) is 0. The standard InChI is InChI=1S/C74H134O6/c1-4-7-10-13-16-19-22-25-28-30-32-34-36-37-38-40-41-43-46-49-52-55-58-61-64-67-73(76)79-70-71(69-78-72(75)66-63-60-57-54-51-48-45-27-24-21-18-15-12-9-6-3)80-74(77)68-65-62-59-56-53-50-47-44-42-39-35-33-31-29-26-23-20-17-14-11-8-5-2/h9,12,18,21,27,45,51,54,60,63,71H,4-8,10-11,13-17,19-20,22-26,28-44,46-50,52-53,55-59,61-62,64-70H2,1-3H3/b12-9-,21-18-,45-27-,54-51-,63-60-. The monoisotopic (exact) mass is 1120 g/mol. The van der Waals surface area contributed by atoms with E-state index in [4.69, 9.17) is 14.2 Å². The molecule has 0 bridgehead atoms. The molecule has 0 radical (unpaired) electrons. The quantitative estimate of drug-likeness (QED) is 0.0261. The number of ether oxygens (including phenoxy) is 3. The van der Waals surface area contributed by atoms with Crippen LogP contribution >= 0.6 is 0 Å². The summed E-state index contributed by atoms with van der Waals surface area (Å²) in [6.07, 6.45) is 88.6. The number of hydrogen-bond acceptors (Lipinski definition) is 6. The smallest absolute Gasteiger partial charge is 0.309 e. The van der Waals surface area contributed by atoms with E-state index < -0.39 is 12.1 Å². The predicted octanol–water partition coefficient (Wildman–Crippen LogP) is 24.3. The lowest BCUT2D eigenvalue weighted by atomic mass is 10.0. The van der Waals surface area contributed by atoms with Gasteiger partial charge in [0, 0.05) is 12.8 Å². The fraction of sp³-hybridized carbons (Fsp3) is 0.824. The lowest BCUT2D eigenvalue weighted by Gasteiger charge is -2.18. The van der Waals surface area contributed by atoms with E-state index in [0.29, 0.717) is 12.8 Å². The number of carbonyl (C=O) groups excluding carboxylic acids is 3. The second-order valence-electron chi connectivity index (χ2n) is 23.8. The Kier molecular flexibility index (Phi) is 66.1. The van der Waals surface area contributed by atoms with Gasteiger partial charge in [0.2, 0.25) is 0 Å². The highest BCUT2D eigenvalue weighted by Crippen LogP contribution is 2.19. The summed E-state index contributed by atoms with van der Waals surface area (Å²) in [4.78, 5) is 38.4. The maximum Gasteiger partial charge on any atom is 0.309 e. The zero-order valence-corrected chi connectivity index (χ0v) is 53.6. The first-order valence-corrected chi connectivity index (χ1v) is 35.3. The lowest BCUT2D eigenvalue weighted by molar-refractivity contribution is -0.166. The molecule has 0 amide bonds. The molecular formula is C74H134O6. The van der Waals surface area contributed by atoms with Crippen LogP contribution in [0.2, 0.25) is 0 Å². The molecule has 6 nitrogen and oxygen atoms in total. The molecule has 0 aliphatic heterocycles. The molecule has 0 aliphatic carbocycles. The Balaban J connectivity index is 4.31. The second kappa shape index (κ2) is 68.6. The molecule has 0 aromatic heterocycles. The number of esters is 3. The van der Waals surface area contributed by atoms with Crippen molar-refractivity contribution >= 4 is 17.9 Å². The topological polar surface area (TPSA) is 78.9 Å². The van der Waals surface area contributed by atoms with E-state index in [1.807, 2.05) is 12.2 Å². The van der Waals surface area contributed by atoms with Crippen LogP contribution in [0.5, 0.6) is 0 Å². The van der Waals surface area contributed by atoms with Crippen LogP contribution in [0.25, 0.3) is 0 Å². The fourth-order valence-electron chi connectivity index (χ4n) is 10.6. The van der Waals surface area contributed by atoms with Gasteiger partial charge in [0.05, 0.1) is 6.42 Å². The van der Waals surface area contributed by atoms with Crippen LogP contribution in [0.15, 0.2) is 60.8 Å². The molecule has 0 heterocycles. The molecule has 0 saturated heterocycles. The zero-order valence-electron chi connectivity index (χ0n) is 53.6. The van der Waals surface area contributed by atoms with E-state index in [-0.39, 0.29) is 31.6 Å². The van der Waals surface area contributed by atoms with Gasteiger partial charge in [-0.15, -0.1) is 0 Å². The minimum absolute atomic E-state index is 0.0989. The number of carbonyl (C=O) groups is 3. The molecule has 0 aromatic carbocycles. The van der Waals surface area contributed by atoms with Crippen LogP contribution in [0.4, 0.5) is 0 Å². The van der Waals surface area contributed by atoms with Crippen molar-refractivity contribution in [2.24, 2.45) is 0 Å². The van der Waals surface area contributed by atoms with Crippen LogP contribution in [0.1, 0.15) is 374 Å². The van der Waals surface area contributed by atoms with Crippen molar-refractivity contribution in [1.82, 2.24) is 0 Å². The van der Waals surface area contributed by atoms with E-state index in [1.54, 1.807) is 0 Å². The largest absolute Gasteiger partial charge is 0.462 e. The molecule has 0 aliphatic rings. The third-order valence-corrected chi connectivity index (χ3v) is 15.8. The molecule has 0 rings (SSSR count). The van der Waals surface area contributed by atoms with Crippen molar-refractivity contribution in [3.05, 3.63) is 60.8 Å². The normalized spacial score (nSPS) is 12.4. The van der Waals surface area contributed by atoms with Crippen LogP contribution in [0, 0.1) is 0 Å². The highest BCUT2D eigenvalue weighted by atomic mass is 16.6. The minimum atomic E-state index is -0.812. The number of hydrogen-bond donors (Lipinski definition) is 0. The van der Waals surface area contributed by atoms with Crippen molar-refractivity contribution < 1.29 is 28.6 Å². The highest BCUT2D eigenvalue weighted by Gasteiger charge is 2.19. The van der Waals surface area contributed by atoms with Crippen molar-refractivity contribution in [2.75, 3.05) is 13.2 Å². The molecule has 0 N–H and O–H groups in total. The summed E-state index contributed by atoms with van der Waals surface area (Å²) in [5.74, 6) is -1.01. The van der Waals surface area contributed by atoms with E-state index in [9.17, 15) is 14.4 Å². The highest BCUT2D eigenvalue weighted by molar-refractivity contribution is 5.72. The lowest BCUT2D eigenvalue weighted by Crippen LogP contribution is -2.30. The van der Waals surface area contributed by atoms with Crippen molar-refractivity contribution in [1.29, 1.82) is 0 Å². The van der Waals surface area contributed by atoms with Gasteiger partial charge in [-0.25, -0.2) is 0 Å². The SMILES string of the molecule is CC/C=C\C/C=C\C/C=C\C/C=C\C/C=C\CC(=O)OCC(COC(=O)CCCCCCCCCCCCCCCCCCCCCCCCCCC)OC(=O)CCCCCCCCCCCCCCCCCCCCCCCC. The number of rotatable bonds is 65. The average Bonchev–Trinajstić information content (AvgIpc) is 3.46. The van der Waals surface area contributed by atoms with Gasteiger partial charge < -0.3 is 14.2 Å². The first-order valence-electron chi connectivity index (χ1n) is 35.3. The zero-order chi connectivity index (χ0) is 57.8. The summed E-state index contributed by atoms with van der Waals surface area (Å²) in [6.45, 7) is 6.51. The Hall–Kier alpha value is -2.89. The van der Waals surface area contributed by atoms with Crippen molar-refractivity contribution in [3.8, 4) is 0 Å². The van der Waals surface area contributed by atoms with Gasteiger partial charge in [-0.05, 0) is 44.9 Å². The van der Waals surface area contributed by atoms with Crippen molar-refractivity contribution in [2.45, 2.75) is 380 Å². The molecule has 466 valence electrons. The van der Waals surface area contributed by atoms with E-state index in [0.717, 1.165) is 70.6 Å². The Morgan fingerprint density at radius 2 is 0.487 bits per heavy atom. The molecule has 0 spiro atoms. The van der Waals surface area contributed by atoms with E-state index >= 15 is 0 Å². The molecule has 0 fully saturated rings. The van der Waals surface area contributed by atoms with Gasteiger partial charge >= 0.3 is 17.9 Å². The Morgan fingerprint density at radius 3 is 0.762 bits per heavy atom. The van der Waals surface area contributed by atoms with Gasteiger partial charge in [0.25, 0.3) is 0 Å². The van der Waals surface area contributed by atoms with Crippen LogP contribution in [0.3, 0.4) is 0 Å². The summed E-state index contributed by atoms with van der Waals surface area (Å²) in [7, 11) is 0. The fourth-order valence-corrected chi connectivity index (χ4v) is 10.6. The summed E-state index contributed by atoms with van der Waals surface area (Å²) in [5, 5.41) is 0. The Labute approximate surface area is 498 Å². The van der Waals surface area contributed by atoms with Crippen molar-refractivity contribution in [3.63, 3.8) is 0 Å². The first-order chi connectivity index (χ1) is 39.5. The van der Waals surface area contributed by atoms with Gasteiger partial charge in [0.15, 0.2) is 6.10 Å². The molecular weight excluding hydrogens is 985 g/mol. The maximum absolute atomic E-state index is 12.9. The molecule has 0 saturated carbocycles. The molecule has 1 atom stereocenters. The maximum atomic E-state index is 12.9. The number of unbranched alkanes of at least 4 members (excludes halogenated alkanes) is 45. The van der Waals surface area contributed by atoms with Gasteiger partial charge in [-0.1, -0.05) is 370 Å². The molecule has 6 heteroatoms. The van der Waals surface area contributed by atoms with E-state index in [2.05, 4.69) is 69.4 Å². The van der Waals surface area contributed by atoms with Crippen LogP contribution in [-0.2, 0) is 28.6 Å². The van der Waals surface area contributed by atoms with E-state index in [1.165, 1.54) is 263 Å². The van der Waals surface area contributed by atoms with Gasteiger partial charge in [-0.3, -0.25) is 14.4 Å². The molecule has 80 heavy (non-hydrogen) atoms. The van der Waals surface area contributed by atoms with Gasteiger partial charge in [-0.2, -0.15) is 0 Å². The first kappa shape index (κ1) is 77.1. The van der Waals surface area contributed by atoms with Gasteiger partial charge in [0.1, 0.15) is 13.2 Å². The predicted molar refractivity (Wildman–Crippen MR) is 348 cm³/mol. The van der Waals surface area contributed by atoms with Crippen LogP contribution in [-0.4, -0.2) is 37.2 Å². The molecule has 0 aromatic rings. The average molecular weight is 1120 g/mol. The summed E-state index contributed by atoms with van der Waals surface area (Å²) >= 11 is 0. The molecule has 1 unspecified atom stereocenters.